The standard InChI is InChI=1S/C19H23NO2/c21-19(22-13-15-4-2-1-3-5-15)20-17-8-9-18(20)12-16(11-17)10-14-6-7-14/h1-5,11,14,17-18H,6-10,12-13H2. The van der Waals surface area contributed by atoms with Crippen LogP contribution < -0.4 is 0 Å². The van der Waals surface area contributed by atoms with Crippen LogP contribution >= 0.6 is 0 Å². The van der Waals surface area contributed by atoms with Gasteiger partial charge in [0.25, 0.3) is 0 Å². The summed E-state index contributed by atoms with van der Waals surface area (Å²) in [5, 5.41) is 0. The van der Waals surface area contributed by atoms with Gasteiger partial charge in [0.05, 0.1) is 6.04 Å². The fourth-order valence-electron chi connectivity index (χ4n) is 3.84. The fourth-order valence-corrected chi connectivity index (χ4v) is 3.84. The Morgan fingerprint density at radius 2 is 1.95 bits per heavy atom. The number of ether oxygens (including phenoxy) is 1. The van der Waals surface area contributed by atoms with Crippen LogP contribution in [0.1, 0.15) is 44.1 Å². The van der Waals surface area contributed by atoms with Crippen LogP contribution in [0, 0.1) is 5.92 Å². The molecule has 3 heteroatoms. The molecule has 2 fully saturated rings. The molecule has 3 nitrogen and oxygen atoms in total. The average molecular weight is 297 g/mol. The molecule has 0 radical (unpaired) electrons. The Bertz CT molecular complexity index is 576. The zero-order chi connectivity index (χ0) is 14.9. The summed E-state index contributed by atoms with van der Waals surface area (Å²) < 4.78 is 5.53. The van der Waals surface area contributed by atoms with Gasteiger partial charge in [0.15, 0.2) is 0 Å². The van der Waals surface area contributed by atoms with E-state index in [0.717, 1.165) is 30.7 Å². The average Bonchev–Trinajstić information content (AvgIpc) is 3.30. The van der Waals surface area contributed by atoms with E-state index < -0.39 is 0 Å². The molecule has 4 rings (SSSR count). The van der Waals surface area contributed by atoms with Gasteiger partial charge in [-0.15, -0.1) is 0 Å². The number of hydrogen-bond donors (Lipinski definition) is 0. The monoisotopic (exact) mass is 297 g/mol. The molecule has 2 heterocycles. The predicted molar refractivity (Wildman–Crippen MR) is 85.3 cm³/mol. The van der Waals surface area contributed by atoms with Crippen molar-refractivity contribution in [3.05, 3.63) is 47.5 Å². The summed E-state index contributed by atoms with van der Waals surface area (Å²) in [5.74, 6) is 0.933. The summed E-state index contributed by atoms with van der Waals surface area (Å²) in [7, 11) is 0. The largest absolute Gasteiger partial charge is 0.445 e. The number of amides is 1. The molecule has 1 aromatic rings. The number of rotatable bonds is 4. The maximum atomic E-state index is 12.4. The number of nitrogens with zero attached hydrogens (tertiary/aromatic N) is 1. The normalized spacial score (nSPS) is 26.7. The van der Waals surface area contributed by atoms with Crippen LogP contribution in [0.3, 0.4) is 0 Å². The molecule has 1 amide bonds. The second kappa shape index (κ2) is 5.79. The van der Waals surface area contributed by atoms with Crippen LogP contribution in [0.25, 0.3) is 0 Å². The van der Waals surface area contributed by atoms with Crippen molar-refractivity contribution >= 4 is 6.09 Å². The van der Waals surface area contributed by atoms with Gasteiger partial charge in [-0.1, -0.05) is 42.0 Å². The van der Waals surface area contributed by atoms with Crippen LogP contribution in [0.2, 0.25) is 0 Å². The van der Waals surface area contributed by atoms with Crippen molar-refractivity contribution in [1.82, 2.24) is 4.90 Å². The van der Waals surface area contributed by atoms with E-state index in [4.69, 9.17) is 4.74 Å². The molecule has 1 saturated heterocycles. The van der Waals surface area contributed by atoms with Crippen LogP contribution in [0.4, 0.5) is 4.79 Å². The SMILES string of the molecule is O=C(OCc1ccccc1)N1C2C=C(CC3CC3)CC1CC2. The van der Waals surface area contributed by atoms with Gasteiger partial charge in [-0.25, -0.2) is 4.79 Å². The first kappa shape index (κ1) is 13.9. The lowest BCUT2D eigenvalue weighted by atomic mass is 9.97. The number of carbonyl (C=O) groups is 1. The molecule has 3 aliphatic rings. The van der Waals surface area contributed by atoms with E-state index in [-0.39, 0.29) is 12.1 Å². The summed E-state index contributed by atoms with van der Waals surface area (Å²) >= 11 is 0. The molecule has 22 heavy (non-hydrogen) atoms. The molecule has 0 spiro atoms. The van der Waals surface area contributed by atoms with Gasteiger partial charge in [0, 0.05) is 6.04 Å². The summed E-state index contributed by atoms with van der Waals surface area (Å²) in [6.07, 6.45) is 9.55. The number of carbonyl (C=O) groups excluding carboxylic acids is 1. The van der Waals surface area contributed by atoms with Gasteiger partial charge in [-0.2, -0.15) is 0 Å². The second-order valence-electron chi connectivity index (χ2n) is 6.92. The topological polar surface area (TPSA) is 29.5 Å². The zero-order valence-electron chi connectivity index (χ0n) is 12.9. The Balaban J connectivity index is 1.38. The molecule has 2 atom stereocenters. The Labute approximate surface area is 132 Å². The Kier molecular flexibility index (Phi) is 3.65. The minimum Gasteiger partial charge on any atom is -0.445 e. The van der Waals surface area contributed by atoms with Crippen LogP contribution in [-0.4, -0.2) is 23.1 Å². The molecular weight excluding hydrogens is 274 g/mol. The Morgan fingerprint density at radius 1 is 1.14 bits per heavy atom. The van der Waals surface area contributed by atoms with Gasteiger partial charge in [0.1, 0.15) is 6.61 Å². The van der Waals surface area contributed by atoms with Crippen molar-refractivity contribution in [1.29, 1.82) is 0 Å². The summed E-state index contributed by atoms with van der Waals surface area (Å²) in [5.41, 5.74) is 2.63. The second-order valence-corrected chi connectivity index (χ2v) is 6.92. The number of benzene rings is 1. The third-order valence-corrected chi connectivity index (χ3v) is 5.14. The highest BCUT2D eigenvalue weighted by Gasteiger charge is 2.41. The van der Waals surface area contributed by atoms with Crippen LogP contribution in [-0.2, 0) is 11.3 Å². The lowest BCUT2D eigenvalue weighted by Crippen LogP contribution is -2.43. The van der Waals surface area contributed by atoms with E-state index in [0.29, 0.717) is 12.6 Å². The molecule has 2 unspecified atom stereocenters. The smallest absolute Gasteiger partial charge is 0.410 e. The Morgan fingerprint density at radius 3 is 2.68 bits per heavy atom. The van der Waals surface area contributed by atoms with E-state index in [1.165, 1.54) is 19.3 Å². The van der Waals surface area contributed by atoms with Gasteiger partial charge in [-0.05, 0) is 50.0 Å². The lowest BCUT2D eigenvalue weighted by Gasteiger charge is -2.33. The van der Waals surface area contributed by atoms with Crippen molar-refractivity contribution in [3.63, 3.8) is 0 Å². The van der Waals surface area contributed by atoms with Gasteiger partial charge in [-0.3, -0.25) is 4.90 Å². The molecule has 116 valence electrons. The molecule has 2 bridgehead atoms. The zero-order valence-corrected chi connectivity index (χ0v) is 12.9. The number of hydrogen-bond acceptors (Lipinski definition) is 2. The first-order valence-corrected chi connectivity index (χ1v) is 8.48. The molecule has 0 aromatic heterocycles. The summed E-state index contributed by atoms with van der Waals surface area (Å²) in [6.45, 7) is 0.369. The van der Waals surface area contributed by atoms with Crippen molar-refractivity contribution in [2.75, 3.05) is 0 Å². The molecule has 1 aromatic carbocycles. The first-order valence-electron chi connectivity index (χ1n) is 8.48. The summed E-state index contributed by atoms with van der Waals surface area (Å²) in [6, 6.07) is 10.5. The molecule has 2 aliphatic heterocycles. The van der Waals surface area contributed by atoms with Gasteiger partial charge in [0.2, 0.25) is 0 Å². The maximum Gasteiger partial charge on any atom is 0.410 e. The van der Waals surface area contributed by atoms with E-state index in [2.05, 4.69) is 6.08 Å². The molecule has 1 saturated carbocycles. The van der Waals surface area contributed by atoms with E-state index in [9.17, 15) is 4.79 Å². The fraction of sp³-hybridized carbons (Fsp3) is 0.526. The van der Waals surface area contributed by atoms with Gasteiger partial charge < -0.3 is 4.74 Å². The number of fused-ring (bicyclic) bond motifs is 2. The Hall–Kier alpha value is -1.77. The predicted octanol–water partition coefficient (Wildman–Crippen LogP) is 4.29. The third kappa shape index (κ3) is 2.90. The van der Waals surface area contributed by atoms with E-state index in [1.807, 2.05) is 35.2 Å². The van der Waals surface area contributed by atoms with Crippen LogP contribution in [0.5, 0.6) is 0 Å². The van der Waals surface area contributed by atoms with E-state index >= 15 is 0 Å². The maximum absolute atomic E-state index is 12.4. The third-order valence-electron chi connectivity index (χ3n) is 5.14. The molecular formula is C19H23NO2. The first-order chi connectivity index (χ1) is 10.8. The van der Waals surface area contributed by atoms with Gasteiger partial charge >= 0.3 is 6.09 Å². The van der Waals surface area contributed by atoms with Crippen LogP contribution in [0.15, 0.2) is 42.0 Å². The van der Waals surface area contributed by atoms with Crippen molar-refractivity contribution in [3.8, 4) is 0 Å². The van der Waals surface area contributed by atoms with Crippen molar-refractivity contribution in [2.45, 2.75) is 57.2 Å². The highest BCUT2D eigenvalue weighted by molar-refractivity contribution is 5.70. The summed E-state index contributed by atoms with van der Waals surface area (Å²) in [4.78, 5) is 14.4. The molecule has 0 N–H and O–H groups in total. The van der Waals surface area contributed by atoms with E-state index in [1.54, 1.807) is 5.57 Å². The highest BCUT2D eigenvalue weighted by atomic mass is 16.6. The van der Waals surface area contributed by atoms with Crippen molar-refractivity contribution < 1.29 is 9.53 Å². The molecule has 1 aliphatic carbocycles. The quantitative estimate of drug-likeness (QED) is 0.776. The minimum atomic E-state index is -0.141. The van der Waals surface area contributed by atoms with Crippen molar-refractivity contribution in [2.24, 2.45) is 5.92 Å². The highest BCUT2D eigenvalue weighted by Crippen LogP contribution is 2.42. The lowest BCUT2D eigenvalue weighted by molar-refractivity contribution is 0.0814. The minimum absolute atomic E-state index is 0.141.